The Morgan fingerprint density at radius 1 is 1.42 bits per heavy atom. The van der Waals surface area contributed by atoms with Gasteiger partial charge in [-0.15, -0.1) is 0 Å². The van der Waals surface area contributed by atoms with Crippen LogP contribution in [0.3, 0.4) is 0 Å². The van der Waals surface area contributed by atoms with Gasteiger partial charge in [0.05, 0.1) is 0 Å². The van der Waals surface area contributed by atoms with Gasteiger partial charge in [-0.05, 0) is 30.2 Å². The topological polar surface area (TPSA) is 64.0 Å². The van der Waals surface area contributed by atoms with Gasteiger partial charge in [0.1, 0.15) is 0 Å². The van der Waals surface area contributed by atoms with Crippen molar-refractivity contribution in [3.63, 3.8) is 0 Å². The van der Waals surface area contributed by atoms with Gasteiger partial charge in [0.2, 0.25) is 0 Å². The SMILES string of the molecule is Cc1cnccc1CNC(=O)c1ccn(C)c(=O)c1. The summed E-state index contributed by atoms with van der Waals surface area (Å²) in [4.78, 5) is 27.4. The fourth-order valence-corrected chi connectivity index (χ4v) is 1.67. The van der Waals surface area contributed by atoms with Crippen LogP contribution in [-0.4, -0.2) is 15.5 Å². The number of rotatable bonds is 3. The fraction of sp³-hybridized carbons (Fsp3) is 0.214. The van der Waals surface area contributed by atoms with Gasteiger partial charge >= 0.3 is 0 Å². The number of hydrogen-bond donors (Lipinski definition) is 1. The second-order valence-corrected chi connectivity index (χ2v) is 4.35. The van der Waals surface area contributed by atoms with Gasteiger partial charge in [0.25, 0.3) is 11.5 Å². The van der Waals surface area contributed by atoms with E-state index in [1.165, 1.54) is 10.6 Å². The van der Waals surface area contributed by atoms with E-state index in [4.69, 9.17) is 0 Å². The maximum atomic E-state index is 11.9. The molecule has 0 saturated heterocycles. The van der Waals surface area contributed by atoms with Gasteiger partial charge in [-0.3, -0.25) is 14.6 Å². The highest BCUT2D eigenvalue weighted by Crippen LogP contribution is 2.04. The lowest BCUT2D eigenvalue weighted by Gasteiger charge is -2.07. The summed E-state index contributed by atoms with van der Waals surface area (Å²) in [6.45, 7) is 2.36. The minimum atomic E-state index is -0.256. The van der Waals surface area contributed by atoms with Gasteiger partial charge in [-0.1, -0.05) is 0 Å². The molecule has 0 aliphatic heterocycles. The third-order valence-corrected chi connectivity index (χ3v) is 2.94. The van der Waals surface area contributed by atoms with E-state index in [1.807, 2.05) is 13.0 Å². The summed E-state index contributed by atoms with van der Waals surface area (Å²) < 4.78 is 1.42. The molecule has 2 rings (SSSR count). The van der Waals surface area contributed by atoms with E-state index in [2.05, 4.69) is 10.3 Å². The zero-order valence-electron chi connectivity index (χ0n) is 10.9. The van der Waals surface area contributed by atoms with Crippen LogP contribution >= 0.6 is 0 Å². The number of pyridine rings is 2. The highest BCUT2D eigenvalue weighted by molar-refractivity contribution is 5.93. The van der Waals surface area contributed by atoms with E-state index < -0.39 is 0 Å². The van der Waals surface area contributed by atoms with Crippen molar-refractivity contribution >= 4 is 5.91 Å². The van der Waals surface area contributed by atoms with Crippen LogP contribution in [0.4, 0.5) is 0 Å². The van der Waals surface area contributed by atoms with E-state index >= 15 is 0 Å². The molecular weight excluding hydrogens is 242 g/mol. The molecule has 2 heterocycles. The van der Waals surface area contributed by atoms with Crippen molar-refractivity contribution in [2.45, 2.75) is 13.5 Å². The largest absolute Gasteiger partial charge is 0.348 e. The zero-order valence-corrected chi connectivity index (χ0v) is 10.9. The third kappa shape index (κ3) is 3.07. The normalized spacial score (nSPS) is 10.2. The summed E-state index contributed by atoms with van der Waals surface area (Å²) in [5.74, 6) is -0.256. The van der Waals surface area contributed by atoms with Gasteiger partial charge < -0.3 is 9.88 Å². The molecule has 2 aromatic heterocycles. The summed E-state index contributed by atoms with van der Waals surface area (Å²) in [6.07, 6.45) is 5.02. The average molecular weight is 257 g/mol. The van der Waals surface area contributed by atoms with Gasteiger partial charge in [-0.25, -0.2) is 0 Å². The molecular formula is C14H15N3O2. The molecule has 0 saturated carbocycles. The maximum Gasteiger partial charge on any atom is 0.251 e. The molecule has 0 atom stereocenters. The van der Waals surface area contributed by atoms with Crippen molar-refractivity contribution in [1.82, 2.24) is 14.9 Å². The summed E-state index contributed by atoms with van der Waals surface area (Å²) in [7, 11) is 1.64. The molecule has 5 nitrogen and oxygen atoms in total. The van der Waals surface area contributed by atoms with Crippen molar-refractivity contribution in [3.8, 4) is 0 Å². The Balaban J connectivity index is 2.08. The van der Waals surface area contributed by atoms with E-state index in [9.17, 15) is 9.59 Å². The molecule has 19 heavy (non-hydrogen) atoms. The highest BCUT2D eigenvalue weighted by atomic mass is 16.2. The summed E-state index contributed by atoms with van der Waals surface area (Å²) in [5, 5.41) is 2.79. The van der Waals surface area contributed by atoms with Crippen molar-refractivity contribution in [1.29, 1.82) is 0 Å². The van der Waals surface area contributed by atoms with Crippen molar-refractivity contribution in [2.24, 2.45) is 7.05 Å². The molecule has 0 unspecified atom stereocenters. The van der Waals surface area contributed by atoms with Crippen LogP contribution in [0.15, 0.2) is 41.6 Å². The Hall–Kier alpha value is -2.43. The molecule has 0 aliphatic rings. The monoisotopic (exact) mass is 257 g/mol. The number of nitrogens with one attached hydrogen (secondary N) is 1. The number of nitrogens with zero attached hydrogens (tertiary/aromatic N) is 2. The van der Waals surface area contributed by atoms with E-state index in [0.29, 0.717) is 12.1 Å². The van der Waals surface area contributed by atoms with Gasteiger partial charge in [0.15, 0.2) is 0 Å². The number of carbonyl (C=O) groups is 1. The molecule has 0 aliphatic carbocycles. The number of aromatic nitrogens is 2. The predicted octanol–water partition coefficient (Wildman–Crippen LogP) is 1.02. The second kappa shape index (κ2) is 5.48. The second-order valence-electron chi connectivity index (χ2n) is 4.35. The molecule has 2 aromatic rings. The van der Waals surface area contributed by atoms with Crippen LogP contribution in [0.2, 0.25) is 0 Å². The van der Waals surface area contributed by atoms with Crippen molar-refractivity contribution in [2.75, 3.05) is 0 Å². The highest BCUT2D eigenvalue weighted by Gasteiger charge is 2.07. The quantitative estimate of drug-likeness (QED) is 0.892. The fourth-order valence-electron chi connectivity index (χ4n) is 1.67. The molecule has 1 amide bonds. The van der Waals surface area contributed by atoms with Gasteiger partial charge in [-0.2, -0.15) is 0 Å². The molecule has 5 heteroatoms. The van der Waals surface area contributed by atoms with Crippen LogP contribution < -0.4 is 10.9 Å². The Kier molecular flexibility index (Phi) is 3.75. The lowest BCUT2D eigenvalue weighted by atomic mass is 10.1. The lowest BCUT2D eigenvalue weighted by Crippen LogP contribution is -2.26. The standard InChI is InChI=1S/C14H15N3O2/c1-10-8-15-5-3-12(10)9-16-14(19)11-4-6-17(2)13(18)7-11/h3-8H,9H2,1-2H3,(H,16,19). The molecule has 0 bridgehead atoms. The first-order valence-corrected chi connectivity index (χ1v) is 5.92. The summed E-state index contributed by atoms with van der Waals surface area (Å²) in [5.41, 5.74) is 2.20. The van der Waals surface area contributed by atoms with E-state index in [-0.39, 0.29) is 11.5 Å². The van der Waals surface area contributed by atoms with E-state index in [0.717, 1.165) is 11.1 Å². The van der Waals surface area contributed by atoms with Gasteiger partial charge in [0, 0.05) is 43.8 Å². The van der Waals surface area contributed by atoms with Crippen LogP contribution in [0.5, 0.6) is 0 Å². The van der Waals surface area contributed by atoms with E-state index in [1.54, 1.807) is 31.7 Å². The maximum absolute atomic E-state index is 11.9. The molecule has 0 fully saturated rings. The summed E-state index contributed by atoms with van der Waals surface area (Å²) in [6, 6.07) is 4.81. The molecule has 0 spiro atoms. The van der Waals surface area contributed by atoms with Crippen molar-refractivity contribution in [3.05, 3.63) is 63.8 Å². The first-order chi connectivity index (χ1) is 9.08. The number of amides is 1. The molecule has 0 radical (unpaired) electrons. The minimum absolute atomic E-state index is 0.201. The lowest BCUT2D eigenvalue weighted by molar-refractivity contribution is 0.0950. The number of hydrogen-bond acceptors (Lipinski definition) is 3. The van der Waals surface area contributed by atoms with Crippen LogP contribution in [0.25, 0.3) is 0 Å². The zero-order chi connectivity index (χ0) is 13.8. The smallest absolute Gasteiger partial charge is 0.251 e. The Morgan fingerprint density at radius 3 is 2.89 bits per heavy atom. The first-order valence-electron chi connectivity index (χ1n) is 5.92. The van der Waals surface area contributed by atoms with Crippen LogP contribution in [0, 0.1) is 6.92 Å². The van der Waals surface area contributed by atoms with Crippen LogP contribution in [0.1, 0.15) is 21.5 Å². The Labute approximate surface area is 110 Å². The molecule has 1 N–H and O–H groups in total. The minimum Gasteiger partial charge on any atom is -0.348 e. The van der Waals surface area contributed by atoms with Crippen molar-refractivity contribution < 1.29 is 4.79 Å². The molecule has 98 valence electrons. The summed E-state index contributed by atoms with van der Waals surface area (Å²) >= 11 is 0. The first kappa shape index (κ1) is 13.0. The van der Waals surface area contributed by atoms with Crippen LogP contribution in [-0.2, 0) is 13.6 Å². The Bertz CT molecular complexity index is 662. The third-order valence-electron chi connectivity index (χ3n) is 2.94. The average Bonchev–Trinajstić information content (AvgIpc) is 2.40. The number of aryl methyl sites for hydroxylation is 2. The molecule has 0 aromatic carbocycles. The predicted molar refractivity (Wildman–Crippen MR) is 71.8 cm³/mol. The number of carbonyl (C=O) groups excluding carboxylic acids is 1. The Morgan fingerprint density at radius 2 is 2.21 bits per heavy atom.